The van der Waals surface area contributed by atoms with E-state index in [1.165, 1.54) is 0 Å². The van der Waals surface area contributed by atoms with Crippen molar-refractivity contribution in [1.29, 1.82) is 0 Å². The molecule has 0 radical (unpaired) electrons. The molecule has 5 heteroatoms. The number of benzene rings is 2. The Hall–Kier alpha value is -2.40. The second-order valence-corrected chi connectivity index (χ2v) is 5.02. The molecule has 3 aromatic rings. The fourth-order valence-electron chi connectivity index (χ4n) is 2.16. The first-order chi connectivity index (χ1) is 10.3. The average Bonchev–Trinajstić information content (AvgIpc) is 2.91. The average molecular weight is 297 g/mol. The van der Waals surface area contributed by atoms with Gasteiger partial charge in [0.25, 0.3) is 0 Å². The molecule has 1 unspecified atom stereocenters. The number of aromatic nitrogens is 3. The van der Waals surface area contributed by atoms with Crippen LogP contribution in [0.5, 0.6) is 5.75 Å². The lowest BCUT2D eigenvalue weighted by atomic mass is 10.3. The van der Waals surface area contributed by atoms with Crippen LogP contribution < -0.4 is 4.74 Å². The largest absolute Gasteiger partial charge is 0.483 e. The second kappa shape index (κ2) is 5.93. The van der Waals surface area contributed by atoms with Crippen LogP contribution in [0.2, 0.25) is 0 Å². The standard InChI is InChI=1S/C16H15N3OS/c1-12(20-14-10-6-3-7-11-14)15-17-18-16(21)19(15)13-8-4-2-5-9-13/h2-12H,1H3,(H,18,21). The van der Waals surface area contributed by atoms with Crippen molar-refractivity contribution in [3.63, 3.8) is 0 Å². The first kappa shape index (κ1) is 13.6. The maximum absolute atomic E-state index is 5.93. The molecule has 1 aromatic heterocycles. The van der Waals surface area contributed by atoms with E-state index in [1.54, 1.807) is 0 Å². The Morgan fingerprint density at radius 1 is 1.05 bits per heavy atom. The van der Waals surface area contributed by atoms with Crippen molar-refractivity contribution in [2.45, 2.75) is 13.0 Å². The summed E-state index contributed by atoms with van der Waals surface area (Å²) in [6.45, 7) is 1.96. The number of hydrogen-bond acceptors (Lipinski definition) is 3. The minimum Gasteiger partial charge on any atom is -0.483 e. The Kier molecular flexibility index (Phi) is 3.83. The van der Waals surface area contributed by atoms with Crippen LogP contribution in [0.25, 0.3) is 5.69 Å². The monoisotopic (exact) mass is 297 g/mol. The van der Waals surface area contributed by atoms with Crippen molar-refractivity contribution >= 4 is 12.2 Å². The quantitative estimate of drug-likeness (QED) is 0.738. The smallest absolute Gasteiger partial charge is 0.199 e. The zero-order valence-corrected chi connectivity index (χ0v) is 12.4. The van der Waals surface area contributed by atoms with Crippen LogP contribution in [0.4, 0.5) is 0 Å². The van der Waals surface area contributed by atoms with E-state index in [4.69, 9.17) is 17.0 Å². The summed E-state index contributed by atoms with van der Waals surface area (Å²) in [5, 5.41) is 7.15. The highest BCUT2D eigenvalue weighted by atomic mass is 32.1. The van der Waals surface area contributed by atoms with Gasteiger partial charge in [0.2, 0.25) is 0 Å². The predicted molar refractivity (Wildman–Crippen MR) is 84.2 cm³/mol. The molecule has 106 valence electrons. The van der Waals surface area contributed by atoms with Crippen LogP contribution in [-0.4, -0.2) is 14.8 Å². The summed E-state index contributed by atoms with van der Waals surface area (Å²) in [7, 11) is 0. The number of nitrogens with one attached hydrogen (secondary N) is 1. The lowest BCUT2D eigenvalue weighted by Crippen LogP contribution is -2.10. The number of ether oxygens (including phenoxy) is 1. The minimum atomic E-state index is -0.222. The summed E-state index contributed by atoms with van der Waals surface area (Å²) in [6.07, 6.45) is -0.222. The molecule has 1 N–H and O–H groups in total. The zero-order chi connectivity index (χ0) is 14.7. The number of rotatable bonds is 4. The molecule has 1 heterocycles. The van der Waals surface area contributed by atoms with Crippen LogP contribution in [-0.2, 0) is 0 Å². The van der Waals surface area contributed by atoms with E-state index < -0.39 is 0 Å². The summed E-state index contributed by atoms with van der Waals surface area (Å²) in [6, 6.07) is 19.6. The molecule has 0 fully saturated rings. The first-order valence-electron chi connectivity index (χ1n) is 6.70. The van der Waals surface area contributed by atoms with Crippen LogP contribution in [0.3, 0.4) is 0 Å². The maximum Gasteiger partial charge on any atom is 0.199 e. The Bertz CT molecular complexity index is 765. The van der Waals surface area contributed by atoms with Crippen LogP contribution in [0.1, 0.15) is 18.9 Å². The number of H-pyrrole nitrogens is 1. The highest BCUT2D eigenvalue weighted by Gasteiger charge is 2.16. The van der Waals surface area contributed by atoms with E-state index >= 15 is 0 Å². The van der Waals surface area contributed by atoms with Crippen molar-refractivity contribution in [1.82, 2.24) is 14.8 Å². The van der Waals surface area contributed by atoms with Crippen LogP contribution in [0.15, 0.2) is 60.7 Å². The van der Waals surface area contributed by atoms with E-state index in [9.17, 15) is 0 Å². The SMILES string of the molecule is CC(Oc1ccccc1)c1n[nH]c(=S)n1-c1ccccc1. The van der Waals surface area contributed by atoms with Crippen molar-refractivity contribution in [3.8, 4) is 11.4 Å². The molecule has 0 bridgehead atoms. The number of aromatic amines is 1. The highest BCUT2D eigenvalue weighted by molar-refractivity contribution is 7.71. The van der Waals surface area contributed by atoms with Crippen molar-refractivity contribution in [2.24, 2.45) is 0 Å². The molecule has 4 nitrogen and oxygen atoms in total. The second-order valence-electron chi connectivity index (χ2n) is 4.63. The van der Waals surface area contributed by atoms with E-state index in [0.717, 1.165) is 17.3 Å². The zero-order valence-electron chi connectivity index (χ0n) is 11.6. The lowest BCUT2D eigenvalue weighted by Gasteiger charge is -2.15. The molecule has 2 aromatic carbocycles. The number of nitrogens with zero attached hydrogens (tertiary/aromatic N) is 2. The summed E-state index contributed by atoms with van der Waals surface area (Å²) in [5.41, 5.74) is 0.967. The van der Waals surface area contributed by atoms with Gasteiger partial charge in [0.05, 0.1) is 0 Å². The fourth-order valence-corrected chi connectivity index (χ4v) is 2.41. The summed E-state index contributed by atoms with van der Waals surface area (Å²) >= 11 is 5.33. The molecule has 0 saturated carbocycles. The van der Waals surface area contributed by atoms with Gasteiger partial charge in [-0.1, -0.05) is 36.4 Å². The topological polar surface area (TPSA) is 42.8 Å². The van der Waals surface area contributed by atoms with Gasteiger partial charge in [0, 0.05) is 5.69 Å². The molecule has 0 amide bonds. The molecule has 0 aliphatic carbocycles. The summed E-state index contributed by atoms with van der Waals surface area (Å²) < 4.78 is 8.37. The maximum atomic E-state index is 5.93. The van der Waals surface area contributed by atoms with E-state index in [-0.39, 0.29) is 6.10 Å². The van der Waals surface area contributed by atoms with Gasteiger partial charge in [0.1, 0.15) is 5.75 Å². The lowest BCUT2D eigenvalue weighted by molar-refractivity contribution is 0.214. The van der Waals surface area contributed by atoms with Gasteiger partial charge in [-0.3, -0.25) is 9.67 Å². The molecule has 0 spiro atoms. The first-order valence-corrected chi connectivity index (χ1v) is 7.11. The van der Waals surface area contributed by atoms with Crippen molar-refractivity contribution < 1.29 is 4.74 Å². The van der Waals surface area contributed by atoms with E-state index in [2.05, 4.69) is 10.2 Å². The molecule has 21 heavy (non-hydrogen) atoms. The Morgan fingerprint density at radius 3 is 2.33 bits per heavy atom. The predicted octanol–water partition coefficient (Wildman–Crippen LogP) is 4.07. The highest BCUT2D eigenvalue weighted by Crippen LogP contribution is 2.22. The third-order valence-electron chi connectivity index (χ3n) is 3.13. The molecule has 3 rings (SSSR count). The minimum absolute atomic E-state index is 0.222. The molecule has 1 atom stereocenters. The third kappa shape index (κ3) is 2.87. The van der Waals surface area contributed by atoms with Gasteiger partial charge in [0.15, 0.2) is 16.7 Å². The molecular formula is C16H15N3OS. The summed E-state index contributed by atoms with van der Waals surface area (Å²) in [4.78, 5) is 0. The van der Waals surface area contributed by atoms with Gasteiger partial charge in [-0.25, -0.2) is 0 Å². The molecular weight excluding hydrogens is 282 g/mol. The van der Waals surface area contributed by atoms with E-state index in [0.29, 0.717) is 4.77 Å². The van der Waals surface area contributed by atoms with Gasteiger partial charge in [-0.15, -0.1) is 0 Å². The van der Waals surface area contributed by atoms with Crippen molar-refractivity contribution in [3.05, 3.63) is 71.3 Å². The molecule has 0 aliphatic rings. The van der Waals surface area contributed by atoms with Gasteiger partial charge >= 0.3 is 0 Å². The number of hydrogen-bond donors (Lipinski definition) is 1. The van der Waals surface area contributed by atoms with Crippen LogP contribution in [0, 0.1) is 4.77 Å². The Balaban J connectivity index is 1.95. The van der Waals surface area contributed by atoms with Crippen molar-refractivity contribution in [2.75, 3.05) is 0 Å². The Labute approximate surface area is 128 Å². The third-order valence-corrected chi connectivity index (χ3v) is 3.41. The van der Waals surface area contributed by atoms with Gasteiger partial charge < -0.3 is 4.74 Å². The van der Waals surface area contributed by atoms with E-state index in [1.807, 2.05) is 72.2 Å². The summed E-state index contributed by atoms with van der Waals surface area (Å²) in [5.74, 6) is 1.55. The number of para-hydroxylation sites is 2. The van der Waals surface area contributed by atoms with Gasteiger partial charge in [-0.2, -0.15) is 5.10 Å². The van der Waals surface area contributed by atoms with Gasteiger partial charge in [-0.05, 0) is 43.4 Å². The molecule has 0 aliphatic heterocycles. The van der Waals surface area contributed by atoms with Crippen LogP contribution >= 0.6 is 12.2 Å². The normalized spacial score (nSPS) is 12.0. The molecule has 0 saturated heterocycles. The Morgan fingerprint density at radius 2 is 1.67 bits per heavy atom. The fraction of sp³-hybridized carbons (Fsp3) is 0.125.